The second kappa shape index (κ2) is 4.00. The maximum absolute atomic E-state index is 7.99. The fourth-order valence-corrected chi connectivity index (χ4v) is 1.57. The summed E-state index contributed by atoms with van der Waals surface area (Å²) in [4.78, 5) is 3.66. The summed E-state index contributed by atoms with van der Waals surface area (Å²) in [7, 11) is 0.547. The quantitative estimate of drug-likeness (QED) is 0.730. The van der Waals surface area contributed by atoms with Crippen LogP contribution in [0.3, 0.4) is 0 Å². The molecule has 0 N–H and O–H groups in total. The van der Waals surface area contributed by atoms with Crippen LogP contribution >= 0.6 is 0 Å². The van der Waals surface area contributed by atoms with Crippen LogP contribution in [0.4, 0.5) is 0 Å². The van der Waals surface area contributed by atoms with Crippen molar-refractivity contribution in [3.63, 3.8) is 0 Å². The highest BCUT2D eigenvalue weighted by molar-refractivity contribution is 6.63. The molecule has 1 aromatic rings. The molecular formula is C12H18BNO3. The van der Waals surface area contributed by atoms with Gasteiger partial charge in [-0.3, -0.25) is 4.98 Å². The van der Waals surface area contributed by atoms with Gasteiger partial charge in [-0.1, -0.05) is 0 Å². The molecule has 1 saturated heterocycles. The summed E-state index contributed by atoms with van der Waals surface area (Å²) >= 11 is 0. The van der Waals surface area contributed by atoms with Crippen LogP contribution in [0.1, 0.15) is 31.8 Å². The van der Waals surface area contributed by atoms with Crippen molar-refractivity contribution >= 4 is 12.6 Å². The van der Waals surface area contributed by atoms with Gasteiger partial charge >= 0.3 is 7.12 Å². The number of hydrogen-bond donors (Lipinski definition) is 0. The number of pyridine rings is 1. The molecule has 0 aliphatic carbocycles. The molecule has 92 valence electrons. The van der Waals surface area contributed by atoms with E-state index >= 15 is 0 Å². The molecule has 0 atom stereocenters. The lowest BCUT2D eigenvalue weighted by atomic mass is 9.79. The summed E-state index contributed by atoms with van der Waals surface area (Å²) in [5, 5.41) is 0. The summed E-state index contributed by atoms with van der Waals surface area (Å²) in [6, 6.07) is -0.142. The topological polar surface area (TPSA) is 40.6 Å². The molecule has 0 saturated carbocycles. The van der Waals surface area contributed by atoms with Crippen LogP contribution in [0.25, 0.3) is 0 Å². The largest absolute Gasteiger partial charge is 0.498 e. The van der Waals surface area contributed by atoms with Crippen LogP contribution in [-0.4, -0.2) is 30.4 Å². The minimum absolute atomic E-state index is 0.115. The lowest BCUT2D eigenvalue weighted by Gasteiger charge is -2.32. The van der Waals surface area contributed by atoms with E-state index in [4.69, 9.17) is 18.2 Å². The Morgan fingerprint density at radius 1 is 1.29 bits per heavy atom. The Morgan fingerprint density at radius 2 is 1.88 bits per heavy atom. The SMILES string of the molecule is [2H]c1nc([2H])c(OC)c(B2OC(C)(C)C(C)(C)O2)c1[2H]. The van der Waals surface area contributed by atoms with Crippen LogP contribution in [0, 0.1) is 0 Å². The number of rotatable bonds is 2. The first kappa shape index (κ1) is 8.94. The lowest BCUT2D eigenvalue weighted by molar-refractivity contribution is 0.00578. The van der Waals surface area contributed by atoms with E-state index in [2.05, 4.69) is 4.98 Å². The smallest absolute Gasteiger partial charge is 0.496 e. The minimum Gasteiger partial charge on any atom is -0.496 e. The molecule has 1 fully saturated rings. The van der Waals surface area contributed by atoms with Crippen LogP contribution in [0.15, 0.2) is 18.4 Å². The van der Waals surface area contributed by atoms with E-state index in [1.807, 2.05) is 27.7 Å². The zero-order chi connectivity index (χ0) is 15.3. The van der Waals surface area contributed by atoms with Gasteiger partial charge in [-0.25, -0.2) is 0 Å². The highest BCUT2D eigenvalue weighted by atomic mass is 16.7. The van der Waals surface area contributed by atoms with E-state index in [9.17, 15) is 0 Å². The predicted octanol–water partition coefficient (Wildman–Crippen LogP) is 1.39. The molecule has 1 aliphatic heterocycles. The predicted molar refractivity (Wildman–Crippen MR) is 66.5 cm³/mol. The summed E-state index contributed by atoms with van der Waals surface area (Å²) in [5.41, 5.74) is -0.887. The average molecular weight is 238 g/mol. The Hall–Kier alpha value is -1.07. The molecule has 0 amide bonds. The minimum atomic E-state index is -0.848. The van der Waals surface area contributed by atoms with Gasteiger partial charge in [0.05, 0.1) is 28.6 Å². The van der Waals surface area contributed by atoms with Gasteiger partial charge in [0.1, 0.15) is 5.75 Å². The fourth-order valence-electron chi connectivity index (χ4n) is 1.57. The molecule has 5 heteroatoms. The maximum atomic E-state index is 7.99. The molecule has 1 aromatic heterocycles. The van der Waals surface area contributed by atoms with E-state index in [1.165, 1.54) is 7.11 Å². The number of nitrogens with zero attached hydrogens (tertiary/aromatic N) is 1. The molecule has 4 nitrogen and oxygen atoms in total. The standard InChI is InChI=1S/C12H18BNO3/c1-11(2)12(3,4)17-13(16-11)9-6-7-14-8-10(9)15-5/h6-8H,1-5H3/i6D,7D,8D. The zero-order valence-corrected chi connectivity index (χ0v) is 10.7. The van der Waals surface area contributed by atoms with Crippen molar-refractivity contribution in [1.82, 2.24) is 4.98 Å². The van der Waals surface area contributed by atoms with E-state index in [-0.39, 0.29) is 29.6 Å². The van der Waals surface area contributed by atoms with Gasteiger partial charge in [-0.05, 0) is 33.7 Å². The molecule has 1 aliphatic rings. The highest BCUT2D eigenvalue weighted by Gasteiger charge is 2.52. The molecule has 0 radical (unpaired) electrons. The molecule has 0 bridgehead atoms. The second-order valence-electron chi connectivity index (χ2n) is 5.00. The monoisotopic (exact) mass is 238 g/mol. The van der Waals surface area contributed by atoms with Crippen molar-refractivity contribution in [2.45, 2.75) is 38.9 Å². The van der Waals surface area contributed by atoms with Crippen LogP contribution < -0.4 is 10.2 Å². The normalized spacial score (nSPS) is 24.1. The summed E-state index contributed by atoms with van der Waals surface area (Å²) in [6.07, 6.45) is -0.487. The zero-order valence-electron chi connectivity index (χ0n) is 13.7. The van der Waals surface area contributed by atoms with Gasteiger partial charge < -0.3 is 14.0 Å². The van der Waals surface area contributed by atoms with E-state index in [0.29, 0.717) is 0 Å². The Kier molecular flexibility index (Phi) is 2.10. The Morgan fingerprint density at radius 3 is 2.41 bits per heavy atom. The third-order valence-corrected chi connectivity index (χ3v) is 3.34. The molecule has 0 unspecified atom stereocenters. The molecule has 2 heterocycles. The van der Waals surface area contributed by atoms with E-state index in [0.717, 1.165) is 0 Å². The van der Waals surface area contributed by atoms with Gasteiger partial charge in [0.25, 0.3) is 0 Å². The number of methoxy groups -OCH3 is 1. The first-order chi connectivity index (χ1) is 9.10. The summed E-state index contributed by atoms with van der Waals surface area (Å²) < 4.78 is 40.3. The lowest BCUT2D eigenvalue weighted by Crippen LogP contribution is -2.41. The van der Waals surface area contributed by atoms with Crippen molar-refractivity contribution in [3.8, 4) is 5.75 Å². The van der Waals surface area contributed by atoms with Gasteiger partial charge in [0.2, 0.25) is 0 Å². The Labute approximate surface area is 107 Å². The van der Waals surface area contributed by atoms with Crippen LogP contribution in [-0.2, 0) is 9.31 Å². The van der Waals surface area contributed by atoms with E-state index in [1.54, 1.807) is 0 Å². The van der Waals surface area contributed by atoms with Crippen molar-refractivity contribution in [2.75, 3.05) is 7.11 Å². The first-order valence-corrected chi connectivity index (χ1v) is 5.48. The summed E-state index contributed by atoms with van der Waals surface area (Å²) in [6.45, 7) is 7.59. The van der Waals surface area contributed by atoms with Crippen molar-refractivity contribution in [1.29, 1.82) is 0 Å². The fraction of sp³-hybridized carbons (Fsp3) is 0.583. The third-order valence-electron chi connectivity index (χ3n) is 3.34. The molecule has 0 aromatic carbocycles. The van der Waals surface area contributed by atoms with Gasteiger partial charge in [-0.15, -0.1) is 0 Å². The van der Waals surface area contributed by atoms with Gasteiger partial charge in [0.15, 0.2) is 0 Å². The van der Waals surface area contributed by atoms with Crippen molar-refractivity contribution in [2.24, 2.45) is 0 Å². The maximum Gasteiger partial charge on any atom is 0.498 e. The summed E-state index contributed by atoms with van der Waals surface area (Å²) in [5.74, 6) is 0.115. The second-order valence-corrected chi connectivity index (χ2v) is 5.00. The molecule has 17 heavy (non-hydrogen) atoms. The molecule has 2 rings (SSSR count). The first-order valence-electron chi connectivity index (χ1n) is 6.98. The van der Waals surface area contributed by atoms with Crippen LogP contribution in [0.5, 0.6) is 5.75 Å². The number of aromatic nitrogens is 1. The van der Waals surface area contributed by atoms with Crippen LogP contribution in [0.2, 0.25) is 0 Å². The van der Waals surface area contributed by atoms with E-state index < -0.39 is 18.3 Å². The molecular weight excluding hydrogens is 217 g/mol. The molecule has 0 spiro atoms. The number of ether oxygens (including phenoxy) is 1. The van der Waals surface area contributed by atoms with Crippen molar-refractivity contribution < 1.29 is 18.2 Å². The highest BCUT2D eigenvalue weighted by Crippen LogP contribution is 2.36. The number of hydrogen-bond acceptors (Lipinski definition) is 4. The average Bonchev–Trinajstić information content (AvgIpc) is 2.52. The third kappa shape index (κ3) is 2.05. The van der Waals surface area contributed by atoms with Gasteiger partial charge in [-0.2, -0.15) is 0 Å². The Bertz CT molecular complexity index is 535. The van der Waals surface area contributed by atoms with Crippen molar-refractivity contribution in [3.05, 3.63) is 18.4 Å². The van der Waals surface area contributed by atoms with Gasteiger partial charge in [0, 0.05) is 11.6 Å². The Balaban J connectivity index is 2.55.